The van der Waals surface area contributed by atoms with Gasteiger partial charge in [0.1, 0.15) is 48.8 Å². The van der Waals surface area contributed by atoms with Crippen molar-refractivity contribution in [3.8, 4) is 0 Å². The van der Waals surface area contributed by atoms with Gasteiger partial charge in [0.15, 0.2) is 12.4 Å². The minimum Gasteiger partial charge on any atom is -0.395 e. The van der Waals surface area contributed by atoms with E-state index >= 15 is 0 Å². The number of aliphatic hydroxyl groups is 8. The maximum Gasteiger partial charge on any atom is 0.314 e. The van der Waals surface area contributed by atoms with Crippen LogP contribution in [0.5, 0.6) is 0 Å². The Hall–Kier alpha value is -0.350. The Morgan fingerprint density at radius 2 is 1.59 bits per heavy atom. The third-order valence-electron chi connectivity index (χ3n) is 7.42. The van der Waals surface area contributed by atoms with E-state index in [1.165, 1.54) is 0 Å². The smallest absolute Gasteiger partial charge is 0.314 e. The Balaban J connectivity index is 0.00000380. The first-order chi connectivity index (χ1) is 17.0. The number of rotatable bonds is 6. The summed E-state index contributed by atoms with van der Waals surface area (Å²) in [5, 5.41) is 85.6. The minimum atomic E-state index is -2.48. The molecule has 1 aliphatic carbocycles. The monoisotopic (exact) mass is 563 g/mol. The molecule has 16 atom stereocenters. The van der Waals surface area contributed by atoms with Crippen molar-refractivity contribution in [2.45, 2.75) is 104 Å². The molecule has 2 unspecified atom stereocenters. The van der Waals surface area contributed by atoms with Crippen molar-refractivity contribution in [2.75, 3.05) is 20.3 Å². The lowest BCUT2D eigenvalue weighted by atomic mass is 9.84. The molecule has 4 fully saturated rings. The van der Waals surface area contributed by atoms with Gasteiger partial charge in [-0.2, -0.15) is 0 Å². The van der Waals surface area contributed by atoms with Crippen LogP contribution in [0.3, 0.4) is 0 Å². The lowest BCUT2D eigenvalue weighted by Crippen LogP contribution is -2.69. The molecule has 4 rings (SSSR count). The summed E-state index contributed by atoms with van der Waals surface area (Å²) in [6.07, 6.45) is -17.7. The second kappa shape index (κ2) is 12.0. The minimum absolute atomic E-state index is 0. The molecule has 0 radical (unpaired) electrons. The number of ether oxygens (including phenoxy) is 5. The van der Waals surface area contributed by atoms with Crippen molar-refractivity contribution in [3.63, 3.8) is 0 Å². The largest absolute Gasteiger partial charge is 0.395 e. The molecule has 4 aliphatic rings. The fourth-order valence-electron chi connectivity index (χ4n) is 5.23. The lowest BCUT2D eigenvalue weighted by Gasteiger charge is -2.46. The van der Waals surface area contributed by atoms with Gasteiger partial charge < -0.3 is 81.3 Å². The van der Waals surface area contributed by atoms with Crippen LogP contribution >= 0.6 is 12.4 Å². The number of hydrogen-bond donors (Lipinski definition) is 11. The first-order valence-corrected chi connectivity index (χ1v) is 11.8. The standard InChI is InChI=1S/C20H37N3O13.ClH/c1-23-7-2-5(21)9(26)15(10(7)27)33-19-17-16(11(28)8(4-25)32-19)35-20(36-17)18(31)13(30)12(29)14(34-20)6(22)3-24;/h5-19,23-31H,2-4,21-22H2,1H3;1H/t5-,6?,7+,8-,9+,10-,11+,12-,13+,14-,15-,16+,17+,18-,19+,20?;/m1./s1. The number of likely N-dealkylation sites (N-methyl/N-ethyl adjacent to an activating group) is 1. The zero-order valence-corrected chi connectivity index (χ0v) is 20.8. The quantitative estimate of drug-likeness (QED) is 0.143. The van der Waals surface area contributed by atoms with Crippen LogP contribution in [0.25, 0.3) is 0 Å². The highest BCUT2D eigenvalue weighted by atomic mass is 35.5. The Morgan fingerprint density at radius 1 is 0.946 bits per heavy atom. The molecule has 218 valence electrons. The van der Waals surface area contributed by atoms with Crippen LogP contribution in [0.1, 0.15) is 6.42 Å². The predicted molar refractivity (Wildman–Crippen MR) is 122 cm³/mol. The van der Waals surface area contributed by atoms with Gasteiger partial charge in [0.25, 0.3) is 0 Å². The Kier molecular flexibility index (Phi) is 10.1. The van der Waals surface area contributed by atoms with E-state index in [9.17, 15) is 40.9 Å². The van der Waals surface area contributed by atoms with Crippen molar-refractivity contribution in [1.82, 2.24) is 5.32 Å². The van der Waals surface area contributed by atoms with Gasteiger partial charge in [-0.3, -0.25) is 0 Å². The normalized spacial score (nSPS) is 52.9. The predicted octanol–water partition coefficient (Wildman–Crippen LogP) is -6.85. The van der Waals surface area contributed by atoms with E-state index in [1.807, 2.05) is 0 Å². The van der Waals surface area contributed by atoms with Crippen LogP contribution in [0, 0.1) is 0 Å². The fourth-order valence-corrected chi connectivity index (χ4v) is 5.23. The summed E-state index contributed by atoms with van der Waals surface area (Å²) in [6.45, 7) is -1.33. The third kappa shape index (κ3) is 5.38. The number of hydrogen-bond acceptors (Lipinski definition) is 16. The van der Waals surface area contributed by atoms with Gasteiger partial charge in [-0.1, -0.05) is 0 Å². The second-order valence-electron chi connectivity index (χ2n) is 9.72. The topological polar surface area (TPSA) is 272 Å². The number of fused-ring (bicyclic) bond motifs is 1. The SMILES string of the molecule is CN[C@H]1C[C@@H](N)[C@H](O)[C@@H](O[C@@H]2O[C@H](CO)[C@H](O)[C@@H]3OC4(O[C@H]23)O[C@H](C(N)CO)[C@H](O)[C@H](O)[C@H]4O)[C@@H]1O.Cl. The lowest BCUT2D eigenvalue weighted by molar-refractivity contribution is -0.439. The number of halogens is 1. The van der Waals surface area contributed by atoms with E-state index in [-0.39, 0.29) is 18.8 Å². The molecule has 1 spiro atoms. The highest BCUT2D eigenvalue weighted by Gasteiger charge is 2.67. The van der Waals surface area contributed by atoms with Crippen molar-refractivity contribution in [1.29, 1.82) is 0 Å². The molecule has 0 bridgehead atoms. The molecule has 16 nitrogen and oxygen atoms in total. The van der Waals surface area contributed by atoms with E-state index in [2.05, 4.69) is 5.32 Å². The van der Waals surface area contributed by atoms with Gasteiger partial charge in [-0.25, -0.2) is 0 Å². The molecule has 17 heteroatoms. The summed E-state index contributed by atoms with van der Waals surface area (Å²) in [4.78, 5) is 0. The summed E-state index contributed by atoms with van der Waals surface area (Å²) < 4.78 is 28.7. The molecule has 0 aromatic rings. The Labute approximate surface area is 218 Å². The van der Waals surface area contributed by atoms with Gasteiger partial charge in [-0.15, -0.1) is 12.4 Å². The van der Waals surface area contributed by atoms with Gasteiger partial charge in [0, 0.05) is 12.1 Å². The highest BCUT2D eigenvalue weighted by molar-refractivity contribution is 5.85. The molecule has 3 aliphatic heterocycles. The molecule has 0 aromatic heterocycles. The molecule has 37 heavy (non-hydrogen) atoms. The van der Waals surface area contributed by atoms with Crippen LogP contribution in [-0.4, -0.2) is 159 Å². The van der Waals surface area contributed by atoms with E-state index in [4.69, 9.17) is 35.2 Å². The molecule has 0 amide bonds. The Morgan fingerprint density at radius 3 is 2.19 bits per heavy atom. The molecule has 1 saturated carbocycles. The van der Waals surface area contributed by atoms with Crippen LogP contribution in [0.15, 0.2) is 0 Å². The van der Waals surface area contributed by atoms with Gasteiger partial charge >= 0.3 is 5.97 Å². The van der Waals surface area contributed by atoms with Crippen molar-refractivity contribution < 1.29 is 64.5 Å². The summed E-state index contributed by atoms with van der Waals surface area (Å²) in [5.74, 6) is -2.48. The van der Waals surface area contributed by atoms with Gasteiger partial charge in [0.2, 0.25) is 0 Å². The molecule has 3 heterocycles. The first-order valence-electron chi connectivity index (χ1n) is 11.8. The Bertz CT molecular complexity index is 762. The molecular formula is C20H38ClN3O13. The first kappa shape index (κ1) is 31.2. The van der Waals surface area contributed by atoms with E-state index < -0.39 is 111 Å². The number of nitrogens with two attached hydrogens (primary N) is 2. The zero-order chi connectivity index (χ0) is 26.5. The number of nitrogens with one attached hydrogen (secondary N) is 1. The summed E-state index contributed by atoms with van der Waals surface area (Å²) in [5.41, 5.74) is 11.8. The summed E-state index contributed by atoms with van der Waals surface area (Å²) in [6, 6.07) is -2.50. The van der Waals surface area contributed by atoms with E-state index in [0.717, 1.165) is 0 Å². The van der Waals surface area contributed by atoms with E-state index in [0.29, 0.717) is 0 Å². The number of aliphatic hydroxyl groups excluding tert-OH is 8. The fraction of sp³-hybridized carbons (Fsp3) is 1.00. The van der Waals surface area contributed by atoms with Crippen LogP contribution in [-0.2, 0) is 23.7 Å². The maximum absolute atomic E-state index is 10.7. The second-order valence-corrected chi connectivity index (χ2v) is 9.72. The van der Waals surface area contributed by atoms with Gasteiger partial charge in [-0.05, 0) is 13.5 Å². The van der Waals surface area contributed by atoms with E-state index in [1.54, 1.807) is 7.05 Å². The highest BCUT2D eigenvalue weighted by Crippen LogP contribution is 2.45. The van der Waals surface area contributed by atoms with Crippen molar-refractivity contribution >= 4 is 12.4 Å². The third-order valence-corrected chi connectivity index (χ3v) is 7.42. The van der Waals surface area contributed by atoms with Crippen LogP contribution in [0.2, 0.25) is 0 Å². The molecular weight excluding hydrogens is 526 g/mol. The average Bonchev–Trinajstić information content (AvgIpc) is 3.27. The van der Waals surface area contributed by atoms with Crippen LogP contribution < -0.4 is 16.8 Å². The van der Waals surface area contributed by atoms with Gasteiger partial charge in [0.05, 0.1) is 31.5 Å². The maximum atomic E-state index is 10.7. The van der Waals surface area contributed by atoms with Crippen LogP contribution in [0.4, 0.5) is 0 Å². The average molecular weight is 564 g/mol. The van der Waals surface area contributed by atoms with Crippen molar-refractivity contribution in [3.05, 3.63) is 0 Å². The molecule has 13 N–H and O–H groups in total. The summed E-state index contributed by atoms with van der Waals surface area (Å²) >= 11 is 0. The van der Waals surface area contributed by atoms with Crippen molar-refractivity contribution in [2.24, 2.45) is 11.5 Å². The molecule has 0 aromatic carbocycles. The molecule has 3 saturated heterocycles. The summed E-state index contributed by atoms with van der Waals surface area (Å²) in [7, 11) is 1.60. The zero-order valence-electron chi connectivity index (χ0n) is 20.0.